The molecule has 0 bridgehead atoms. The third kappa shape index (κ3) is 4.08. The third-order valence-corrected chi connectivity index (χ3v) is 2.94. The Kier molecular flexibility index (Phi) is 5.09. The molecule has 0 aromatic carbocycles. The van der Waals surface area contributed by atoms with Crippen LogP contribution < -0.4 is 0 Å². The highest BCUT2D eigenvalue weighted by molar-refractivity contribution is 5.92. The van der Waals surface area contributed by atoms with Crippen LogP contribution in [0.3, 0.4) is 0 Å². The van der Waals surface area contributed by atoms with Gasteiger partial charge in [0.1, 0.15) is 5.69 Å². The van der Waals surface area contributed by atoms with E-state index in [9.17, 15) is 9.59 Å². The average molecular weight is 267 g/mol. The second-order valence-corrected chi connectivity index (χ2v) is 4.96. The maximum absolute atomic E-state index is 12.2. The van der Waals surface area contributed by atoms with Gasteiger partial charge in [-0.2, -0.15) is 5.10 Å². The van der Waals surface area contributed by atoms with E-state index in [1.54, 1.807) is 24.8 Å². The van der Waals surface area contributed by atoms with Crippen LogP contribution in [-0.2, 0) is 11.8 Å². The molecule has 0 aliphatic rings. The first-order chi connectivity index (χ1) is 8.82. The van der Waals surface area contributed by atoms with Crippen molar-refractivity contribution in [1.82, 2.24) is 14.7 Å². The fourth-order valence-electron chi connectivity index (χ4n) is 1.74. The highest BCUT2D eigenvalue weighted by atomic mass is 16.4. The lowest BCUT2D eigenvalue weighted by atomic mass is 10.1. The lowest BCUT2D eigenvalue weighted by Crippen LogP contribution is -2.29. The van der Waals surface area contributed by atoms with Crippen molar-refractivity contribution in [2.24, 2.45) is 7.05 Å². The number of aliphatic carboxylic acids is 1. The topological polar surface area (TPSA) is 75.4 Å². The van der Waals surface area contributed by atoms with Gasteiger partial charge in [0.2, 0.25) is 0 Å². The molecule has 0 atom stereocenters. The van der Waals surface area contributed by atoms with Crippen LogP contribution in [-0.4, -0.2) is 45.3 Å². The number of carbonyl (C=O) groups excluding carboxylic acids is 1. The molecular formula is C13H21N3O3. The number of carboxylic acids is 1. The first-order valence-electron chi connectivity index (χ1n) is 6.34. The zero-order valence-corrected chi connectivity index (χ0v) is 11.9. The molecule has 19 heavy (non-hydrogen) atoms. The first kappa shape index (κ1) is 15.2. The van der Waals surface area contributed by atoms with Crippen LogP contribution in [0.25, 0.3) is 0 Å². The van der Waals surface area contributed by atoms with Crippen LogP contribution in [0, 0.1) is 0 Å². The SMILES string of the molecule is CC(C)c1cc(C(=O)N(C)CCCC(=O)O)n(C)n1. The largest absolute Gasteiger partial charge is 0.481 e. The van der Waals surface area contributed by atoms with E-state index in [0.29, 0.717) is 18.7 Å². The second-order valence-electron chi connectivity index (χ2n) is 4.96. The monoisotopic (exact) mass is 267 g/mol. The Hall–Kier alpha value is -1.85. The number of carboxylic acid groups (broad SMARTS) is 1. The predicted molar refractivity (Wildman–Crippen MR) is 71.1 cm³/mol. The third-order valence-electron chi connectivity index (χ3n) is 2.94. The average Bonchev–Trinajstić information content (AvgIpc) is 2.70. The Labute approximate surface area is 113 Å². The molecule has 1 heterocycles. The minimum Gasteiger partial charge on any atom is -0.481 e. The van der Waals surface area contributed by atoms with Gasteiger partial charge in [-0.05, 0) is 18.4 Å². The van der Waals surface area contributed by atoms with Gasteiger partial charge in [-0.3, -0.25) is 14.3 Å². The highest BCUT2D eigenvalue weighted by Crippen LogP contribution is 2.15. The number of rotatable bonds is 6. The molecule has 0 saturated carbocycles. The lowest BCUT2D eigenvalue weighted by Gasteiger charge is -2.16. The van der Waals surface area contributed by atoms with Crippen molar-refractivity contribution >= 4 is 11.9 Å². The van der Waals surface area contributed by atoms with Crippen molar-refractivity contribution < 1.29 is 14.7 Å². The molecule has 6 nitrogen and oxygen atoms in total. The normalized spacial score (nSPS) is 10.8. The number of aromatic nitrogens is 2. The zero-order chi connectivity index (χ0) is 14.6. The number of hydrogen-bond acceptors (Lipinski definition) is 3. The van der Waals surface area contributed by atoms with Gasteiger partial charge in [-0.1, -0.05) is 13.8 Å². The van der Waals surface area contributed by atoms with Crippen LogP contribution in [0.15, 0.2) is 6.07 Å². The summed E-state index contributed by atoms with van der Waals surface area (Å²) in [6.07, 6.45) is 0.521. The molecule has 1 aromatic heterocycles. The molecular weight excluding hydrogens is 246 g/mol. The van der Waals surface area contributed by atoms with Crippen molar-refractivity contribution in [3.63, 3.8) is 0 Å². The Morgan fingerprint density at radius 2 is 2.11 bits per heavy atom. The van der Waals surface area contributed by atoms with Gasteiger partial charge < -0.3 is 10.0 Å². The molecule has 0 aliphatic carbocycles. The van der Waals surface area contributed by atoms with E-state index >= 15 is 0 Å². The van der Waals surface area contributed by atoms with Crippen molar-refractivity contribution in [2.75, 3.05) is 13.6 Å². The van der Waals surface area contributed by atoms with E-state index in [2.05, 4.69) is 5.10 Å². The van der Waals surface area contributed by atoms with Crippen molar-refractivity contribution in [3.05, 3.63) is 17.5 Å². The minimum absolute atomic E-state index is 0.0697. The summed E-state index contributed by atoms with van der Waals surface area (Å²) in [7, 11) is 3.41. The molecule has 0 unspecified atom stereocenters. The predicted octanol–water partition coefficient (Wildman–Crippen LogP) is 1.48. The minimum atomic E-state index is -0.844. The van der Waals surface area contributed by atoms with Gasteiger partial charge in [0.15, 0.2) is 0 Å². The maximum atomic E-state index is 12.2. The van der Waals surface area contributed by atoms with E-state index in [-0.39, 0.29) is 18.2 Å². The van der Waals surface area contributed by atoms with Gasteiger partial charge in [0.25, 0.3) is 5.91 Å². The molecule has 0 aliphatic heterocycles. The van der Waals surface area contributed by atoms with E-state index in [1.807, 2.05) is 13.8 Å². The number of aryl methyl sites for hydroxylation is 1. The molecule has 106 valence electrons. The quantitative estimate of drug-likeness (QED) is 0.847. The Morgan fingerprint density at radius 1 is 1.47 bits per heavy atom. The Balaban J connectivity index is 2.68. The molecule has 1 aromatic rings. The first-order valence-corrected chi connectivity index (χ1v) is 6.34. The van der Waals surface area contributed by atoms with Gasteiger partial charge in [0.05, 0.1) is 5.69 Å². The standard InChI is InChI=1S/C13H21N3O3/c1-9(2)10-8-11(16(4)14-10)13(19)15(3)7-5-6-12(17)18/h8-9H,5-7H2,1-4H3,(H,17,18). The summed E-state index contributed by atoms with van der Waals surface area (Å²) in [6, 6.07) is 1.79. The van der Waals surface area contributed by atoms with E-state index in [1.165, 1.54) is 4.90 Å². The summed E-state index contributed by atoms with van der Waals surface area (Å²) in [5.74, 6) is -0.708. The molecule has 6 heteroatoms. The number of hydrogen-bond donors (Lipinski definition) is 1. The van der Waals surface area contributed by atoms with Crippen LogP contribution in [0.1, 0.15) is 48.8 Å². The summed E-state index contributed by atoms with van der Waals surface area (Å²) in [5.41, 5.74) is 1.41. The van der Waals surface area contributed by atoms with Crippen LogP contribution in [0.2, 0.25) is 0 Å². The van der Waals surface area contributed by atoms with Crippen LogP contribution in [0.5, 0.6) is 0 Å². The second kappa shape index (κ2) is 6.36. The molecule has 0 saturated heterocycles. The number of amides is 1. The van der Waals surface area contributed by atoms with Gasteiger partial charge in [-0.15, -0.1) is 0 Å². The number of carbonyl (C=O) groups is 2. The summed E-state index contributed by atoms with van der Waals surface area (Å²) in [4.78, 5) is 24.2. The van der Waals surface area contributed by atoms with E-state index in [4.69, 9.17) is 5.11 Å². The smallest absolute Gasteiger partial charge is 0.303 e. The summed E-state index contributed by atoms with van der Waals surface area (Å²) in [5, 5.41) is 12.9. The summed E-state index contributed by atoms with van der Waals surface area (Å²) >= 11 is 0. The van der Waals surface area contributed by atoms with Gasteiger partial charge in [0, 0.05) is 27.1 Å². The van der Waals surface area contributed by atoms with Crippen LogP contribution in [0.4, 0.5) is 0 Å². The molecule has 1 amide bonds. The lowest BCUT2D eigenvalue weighted by molar-refractivity contribution is -0.137. The Bertz CT molecular complexity index is 466. The molecule has 0 radical (unpaired) electrons. The van der Waals surface area contributed by atoms with Crippen LogP contribution >= 0.6 is 0 Å². The summed E-state index contributed by atoms with van der Waals surface area (Å²) < 4.78 is 1.57. The van der Waals surface area contributed by atoms with Crippen molar-refractivity contribution in [1.29, 1.82) is 0 Å². The van der Waals surface area contributed by atoms with Gasteiger partial charge >= 0.3 is 5.97 Å². The molecule has 0 spiro atoms. The number of nitrogens with zero attached hydrogens (tertiary/aromatic N) is 3. The van der Waals surface area contributed by atoms with Crippen molar-refractivity contribution in [3.8, 4) is 0 Å². The molecule has 1 N–H and O–H groups in total. The zero-order valence-electron chi connectivity index (χ0n) is 11.9. The summed E-state index contributed by atoms with van der Waals surface area (Å²) in [6.45, 7) is 4.47. The molecule has 1 rings (SSSR count). The maximum Gasteiger partial charge on any atom is 0.303 e. The van der Waals surface area contributed by atoms with Gasteiger partial charge in [-0.25, -0.2) is 0 Å². The van der Waals surface area contributed by atoms with E-state index < -0.39 is 5.97 Å². The van der Waals surface area contributed by atoms with E-state index in [0.717, 1.165) is 5.69 Å². The highest BCUT2D eigenvalue weighted by Gasteiger charge is 2.18. The Morgan fingerprint density at radius 3 is 2.58 bits per heavy atom. The fraction of sp³-hybridized carbons (Fsp3) is 0.615. The fourth-order valence-corrected chi connectivity index (χ4v) is 1.74. The van der Waals surface area contributed by atoms with Crippen molar-refractivity contribution in [2.45, 2.75) is 32.6 Å². The molecule has 0 fully saturated rings.